The first-order chi connectivity index (χ1) is 16.8. The van der Waals surface area contributed by atoms with Crippen molar-refractivity contribution in [2.75, 3.05) is 30.9 Å². The van der Waals surface area contributed by atoms with Crippen LogP contribution in [0.25, 0.3) is 0 Å². The number of anilines is 2. The number of aliphatic hydroxyl groups excluding tert-OH is 2. The molecule has 1 amide bonds. The highest BCUT2D eigenvalue weighted by Crippen LogP contribution is 2.53. The molecule has 0 spiro atoms. The summed E-state index contributed by atoms with van der Waals surface area (Å²) in [5.41, 5.74) is -2.68. The summed E-state index contributed by atoms with van der Waals surface area (Å²) in [7, 11) is 3.44. The van der Waals surface area contributed by atoms with Crippen molar-refractivity contribution < 1.29 is 44.3 Å². The molecule has 0 aliphatic heterocycles. The molecule has 1 aromatic rings. The second kappa shape index (κ2) is 8.66. The average Bonchev–Trinajstić information content (AvgIpc) is 2.77. The van der Waals surface area contributed by atoms with E-state index in [4.69, 9.17) is 4.74 Å². The fourth-order valence-corrected chi connectivity index (χ4v) is 5.55. The summed E-state index contributed by atoms with van der Waals surface area (Å²) >= 11 is 0. The highest BCUT2D eigenvalue weighted by atomic mass is 16.5. The summed E-state index contributed by atoms with van der Waals surface area (Å²) in [6.07, 6.45) is -0.822. The first-order valence-corrected chi connectivity index (χ1v) is 11.5. The summed E-state index contributed by atoms with van der Waals surface area (Å²) < 4.78 is 4.87. The number of Topliss-reactive ketones (excluding diaryl/α,β-unsaturated/α-hetero) is 3. The van der Waals surface area contributed by atoms with Crippen molar-refractivity contribution in [3.63, 3.8) is 0 Å². The van der Waals surface area contributed by atoms with E-state index in [1.165, 1.54) is 6.07 Å². The zero-order chi connectivity index (χ0) is 26.7. The quantitative estimate of drug-likeness (QED) is 0.305. The number of fused-ring (bicyclic) bond motifs is 3. The van der Waals surface area contributed by atoms with Crippen LogP contribution in [0.3, 0.4) is 0 Å². The number of allylic oxidation sites excluding steroid dienone is 2. The van der Waals surface area contributed by atoms with E-state index in [0.717, 1.165) is 6.92 Å². The van der Waals surface area contributed by atoms with Crippen molar-refractivity contribution in [3.05, 3.63) is 39.9 Å². The van der Waals surface area contributed by atoms with Crippen molar-refractivity contribution in [2.24, 2.45) is 11.8 Å². The Morgan fingerprint density at radius 1 is 1.19 bits per heavy atom. The van der Waals surface area contributed by atoms with E-state index in [1.54, 1.807) is 25.9 Å². The second-order valence-corrected chi connectivity index (χ2v) is 9.49. The molecule has 36 heavy (non-hydrogen) atoms. The molecule has 0 saturated heterocycles. The molecule has 3 aliphatic rings. The van der Waals surface area contributed by atoms with Crippen LogP contribution in [0, 0.1) is 11.8 Å². The number of carbonyl (C=O) groups is 4. The van der Waals surface area contributed by atoms with Crippen LogP contribution in [-0.4, -0.2) is 70.2 Å². The molecule has 3 aliphatic carbocycles. The van der Waals surface area contributed by atoms with Crippen molar-refractivity contribution in [1.82, 2.24) is 0 Å². The maximum absolute atomic E-state index is 13.7. The van der Waals surface area contributed by atoms with Crippen LogP contribution >= 0.6 is 0 Å². The highest BCUT2D eigenvalue weighted by Gasteiger charge is 2.59. The Morgan fingerprint density at radius 3 is 2.44 bits per heavy atom. The predicted octanol–water partition coefficient (Wildman–Crippen LogP) is 2.32. The molecule has 192 valence electrons. The molecule has 0 fully saturated rings. The standard InChI is InChI=1S/C25H28N2O9/c1-5-36-24(34)26-14-9-15(27(3)4)13-7-11-6-12-8-16(29)17(10(2)28)22(32)25(12,35)23(33)18(11)21(31)19(13)20(14)30/h9,11-12,29-30,33,35H,5-8H2,1-4H3,(H,26,34)/t11-,12+,25-/m1/s1. The first kappa shape index (κ1) is 25.2. The SMILES string of the molecule is CCOC(=O)Nc1cc(N(C)C)c2c(c1O)C(=O)C1=C(O)[C@]3(O)C(=O)C(C(C)=O)=C(O)C[C@@H]3C[C@@H]1C2. The maximum Gasteiger partial charge on any atom is 0.411 e. The van der Waals surface area contributed by atoms with Crippen LogP contribution in [0.4, 0.5) is 16.2 Å². The van der Waals surface area contributed by atoms with Crippen LogP contribution in [0.5, 0.6) is 5.75 Å². The molecule has 0 saturated carbocycles. The Bertz CT molecular complexity index is 1280. The lowest BCUT2D eigenvalue weighted by atomic mass is 9.60. The van der Waals surface area contributed by atoms with Crippen molar-refractivity contribution >= 4 is 34.8 Å². The minimum atomic E-state index is -2.56. The molecule has 0 unspecified atom stereocenters. The molecule has 1 aromatic carbocycles. The van der Waals surface area contributed by atoms with E-state index < -0.39 is 63.7 Å². The van der Waals surface area contributed by atoms with E-state index in [-0.39, 0.29) is 42.7 Å². The van der Waals surface area contributed by atoms with E-state index >= 15 is 0 Å². The van der Waals surface area contributed by atoms with Gasteiger partial charge in [0, 0.05) is 37.7 Å². The molecule has 0 radical (unpaired) electrons. The minimum absolute atomic E-state index is 0.0680. The van der Waals surface area contributed by atoms with Crippen molar-refractivity contribution in [3.8, 4) is 5.75 Å². The molecule has 4 rings (SSSR count). The van der Waals surface area contributed by atoms with Gasteiger partial charge in [0.2, 0.25) is 5.78 Å². The molecular weight excluding hydrogens is 472 g/mol. The number of hydrogen-bond acceptors (Lipinski definition) is 10. The average molecular weight is 501 g/mol. The third-order valence-electron chi connectivity index (χ3n) is 7.14. The van der Waals surface area contributed by atoms with E-state index in [1.807, 2.05) is 0 Å². The predicted molar refractivity (Wildman–Crippen MR) is 127 cm³/mol. The molecule has 11 heteroatoms. The summed E-state index contributed by atoms with van der Waals surface area (Å²) in [6.45, 7) is 2.75. The van der Waals surface area contributed by atoms with Gasteiger partial charge >= 0.3 is 6.09 Å². The van der Waals surface area contributed by atoms with Crippen LogP contribution < -0.4 is 10.2 Å². The van der Waals surface area contributed by atoms with Gasteiger partial charge in [0.05, 0.1) is 17.9 Å². The Morgan fingerprint density at radius 2 is 1.86 bits per heavy atom. The molecular formula is C25H28N2O9. The van der Waals surface area contributed by atoms with Gasteiger partial charge < -0.3 is 30.1 Å². The first-order valence-electron chi connectivity index (χ1n) is 11.5. The van der Waals surface area contributed by atoms with Crippen molar-refractivity contribution in [1.29, 1.82) is 0 Å². The molecule has 11 nitrogen and oxygen atoms in total. The van der Waals surface area contributed by atoms with Crippen LogP contribution in [0.15, 0.2) is 28.7 Å². The topological polar surface area (TPSA) is 174 Å². The number of aromatic hydroxyl groups is 1. The molecule has 0 aromatic heterocycles. The third-order valence-corrected chi connectivity index (χ3v) is 7.14. The molecule has 3 atom stereocenters. The number of rotatable bonds is 4. The number of phenolic OH excluding ortho intramolecular Hbond substituents is 1. The zero-order valence-electron chi connectivity index (χ0n) is 20.3. The maximum atomic E-state index is 13.7. The normalized spacial score (nSPS) is 25.1. The Labute approximate surface area is 206 Å². The van der Waals surface area contributed by atoms with Gasteiger partial charge in [-0.25, -0.2) is 4.79 Å². The van der Waals surface area contributed by atoms with Gasteiger partial charge in [-0.05, 0) is 44.2 Å². The van der Waals surface area contributed by atoms with Gasteiger partial charge in [0.1, 0.15) is 17.1 Å². The minimum Gasteiger partial charge on any atom is -0.511 e. The van der Waals surface area contributed by atoms with Gasteiger partial charge in [-0.1, -0.05) is 0 Å². The number of ether oxygens (including phenoxy) is 1. The van der Waals surface area contributed by atoms with E-state index in [2.05, 4.69) is 5.32 Å². The third kappa shape index (κ3) is 3.53. The summed E-state index contributed by atoms with van der Waals surface area (Å²) in [6, 6.07) is 1.50. The summed E-state index contributed by atoms with van der Waals surface area (Å²) in [4.78, 5) is 52.5. The number of ketones is 3. The van der Waals surface area contributed by atoms with Gasteiger partial charge in [-0.3, -0.25) is 19.7 Å². The Hall–Kier alpha value is -3.86. The fourth-order valence-electron chi connectivity index (χ4n) is 5.55. The van der Waals surface area contributed by atoms with Crippen LogP contribution in [0.1, 0.15) is 42.6 Å². The Balaban J connectivity index is 1.90. The number of nitrogens with one attached hydrogen (secondary N) is 1. The number of benzene rings is 1. The second-order valence-electron chi connectivity index (χ2n) is 9.49. The van der Waals surface area contributed by atoms with Gasteiger partial charge in [-0.2, -0.15) is 0 Å². The Kier molecular flexibility index (Phi) is 6.07. The monoisotopic (exact) mass is 500 g/mol. The summed E-state index contributed by atoms with van der Waals surface area (Å²) in [5, 5.41) is 46.2. The number of amides is 1. The summed E-state index contributed by atoms with van der Waals surface area (Å²) in [5.74, 6) is -6.22. The number of carbonyl (C=O) groups excluding carboxylic acids is 4. The lowest BCUT2D eigenvalue weighted by Gasteiger charge is -2.46. The van der Waals surface area contributed by atoms with E-state index in [0.29, 0.717) is 11.3 Å². The number of hydrogen-bond donors (Lipinski definition) is 5. The van der Waals surface area contributed by atoms with Gasteiger partial charge in [0.15, 0.2) is 22.9 Å². The molecule has 5 N–H and O–H groups in total. The largest absolute Gasteiger partial charge is 0.511 e. The smallest absolute Gasteiger partial charge is 0.411 e. The lowest BCUT2D eigenvalue weighted by molar-refractivity contribution is -0.144. The van der Waals surface area contributed by atoms with Crippen LogP contribution in [0.2, 0.25) is 0 Å². The number of phenols is 1. The number of aliphatic hydroxyl groups is 3. The van der Waals surface area contributed by atoms with Gasteiger partial charge in [0.25, 0.3) is 0 Å². The van der Waals surface area contributed by atoms with Crippen molar-refractivity contribution in [2.45, 2.75) is 38.7 Å². The fraction of sp³-hybridized carbons (Fsp3) is 0.440. The molecule has 0 heterocycles. The van der Waals surface area contributed by atoms with Crippen LogP contribution in [-0.2, 0) is 20.7 Å². The molecule has 0 bridgehead atoms. The highest BCUT2D eigenvalue weighted by molar-refractivity contribution is 6.25. The van der Waals surface area contributed by atoms with E-state index in [9.17, 15) is 39.6 Å². The number of nitrogens with zero attached hydrogens (tertiary/aromatic N) is 1. The lowest BCUT2D eigenvalue weighted by Crippen LogP contribution is -2.56. The van der Waals surface area contributed by atoms with Gasteiger partial charge in [-0.15, -0.1) is 0 Å². The zero-order valence-corrected chi connectivity index (χ0v) is 20.3.